The van der Waals surface area contributed by atoms with E-state index in [4.69, 9.17) is 4.74 Å². The Morgan fingerprint density at radius 2 is 1.92 bits per heavy atom. The zero-order chi connectivity index (χ0) is 17.2. The molecule has 1 saturated heterocycles. The molecule has 3 N–H and O–H groups in total. The molecule has 5 atom stereocenters. The number of hydrogen-bond acceptors (Lipinski definition) is 6. The summed E-state index contributed by atoms with van der Waals surface area (Å²) in [7, 11) is 1.93. The summed E-state index contributed by atoms with van der Waals surface area (Å²) in [5.74, 6) is 1.68. The molecule has 24 heavy (non-hydrogen) atoms. The first kappa shape index (κ1) is 19.2. The van der Waals surface area contributed by atoms with Gasteiger partial charge in [-0.25, -0.2) is 9.97 Å². The van der Waals surface area contributed by atoms with Gasteiger partial charge >= 0.3 is 0 Å². The summed E-state index contributed by atoms with van der Waals surface area (Å²) in [5.41, 5.74) is 6.35. The smallest absolute Gasteiger partial charge is 0.115 e. The number of rotatable bonds is 5. The predicted octanol–water partition coefficient (Wildman–Crippen LogP) is 1.76. The highest BCUT2D eigenvalue weighted by atomic mass is 16.5. The molecule has 136 valence electrons. The molecule has 0 spiro atoms. The molecule has 6 nitrogen and oxygen atoms in total. The quantitative estimate of drug-likeness (QED) is 0.712. The zero-order valence-electron chi connectivity index (χ0n) is 15.2. The topological polar surface area (TPSA) is 71.1 Å². The number of hydrazine groups is 1. The summed E-state index contributed by atoms with van der Waals surface area (Å²) in [5, 5.41) is 3.52. The maximum absolute atomic E-state index is 6.13. The lowest BCUT2D eigenvalue weighted by atomic mass is 9.80. The largest absolute Gasteiger partial charge is 0.377 e. The van der Waals surface area contributed by atoms with Crippen molar-refractivity contribution in [1.29, 1.82) is 0 Å². The lowest BCUT2D eigenvalue weighted by molar-refractivity contribution is -0.00823. The highest BCUT2D eigenvalue weighted by Crippen LogP contribution is 2.31. The minimum atomic E-state index is 0.451. The molecule has 0 aromatic carbocycles. The number of nitrogens with zero attached hydrogens (tertiary/aromatic N) is 2. The molecular weight excluding hydrogens is 302 g/mol. The Kier molecular flexibility index (Phi) is 8.59. The Hall–Kier alpha value is -1.08. The normalized spacial score (nSPS) is 32.9. The van der Waals surface area contributed by atoms with Crippen LogP contribution >= 0.6 is 0 Å². The van der Waals surface area contributed by atoms with Crippen LogP contribution in [0.15, 0.2) is 24.8 Å². The third-order valence-corrected chi connectivity index (χ3v) is 5.22. The third kappa shape index (κ3) is 6.43. The van der Waals surface area contributed by atoms with E-state index in [0.29, 0.717) is 18.2 Å². The fraction of sp³-hybridized carbons (Fsp3) is 0.778. The summed E-state index contributed by atoms with van der Waals surface area (Å²) in [6, 6.07) is 2.72. The molecule has 5 unspecified atom stereocenters. The van der Waals surface area contributed by atoms with Gasteiger partial charge in [0, 0.05) is 24.5 Å². The van der Waals surface area contributed by atoms with Crippen LogP contribution in [0.4, 0.5) is 0 Å². The molecule has 1 saturated carbocycles. The maximum Gasteiger partial charge on any atom is 0.115 e. The Bertz CT molecular complexity index is 406. The molecule has 1 aromatic heterocycles. The van der Waals surface area contributed by atoms with Crippen molar-refractivity contribution in [1.82, 2.24) is 26.1 Å². The second-order valence-corrected chi connectivity index (χ2v) is 6.98. The van der Waals surface area contributed by atoms with Gasteiger partial charge in [0.15, 0.2) is 0 Å². The molecule has 1 aliphatic carbocycles. The van der Waals surface area contributed by atoms with Crippen molar-refractivity contribution in [3.05, 3.63) is 24.8 Å². The van der Waals surface area contributed by atoms with Gasteiger partial charge in [0.2, 0.25) is 0 Å². The van der Waals surface area contributed by atoms with E-state index in [9.17, 15) is 0 Å². The first-order valence-corrected chi connectivity index (χ1v) is 9.18. The summed E-state index contributed by atoms with van der Waals surface area (Å²) in [4.78, 5) is 7.35. The molecule has 2 heterocycles. The van der Waals surface area contributed by atoms with Gasteiger partial charge in [-0.2, -0.15) is 0 Å². The number of ether oxygens (including phenoxy) is 1. The van der Waals surface area contributed by atoms with Crippen molar-refractivity contribution in [2.75, 3.05) is 20.2 Å². The summed E-state index contributed by atoms with van der Waals surface area (Å²) >= 11 is 0. The standard InChI is InChI=1S/C14H29N3O.C4H4N2/c1-10-4-5-12(8-11(10)2)18-9-14-13(17-15-3)6-7-16-14;1-2-5-4-6-3-1/h10-17H,4-9H2,1-3H3;1-4H. The lowest BCUT2D eigenvalue weighted by Crippen LogP contribution is -2.48. The average molecular weight is 335 g/mol. The average Bonchev–Trinajstić information content (AvgIpc) is 3.06. The Morgan fingerprint density at radius 1 is 1.12 bits per heavy atom. The molecular formula is C18H33N5O. The van der Waals surface area contributed by atoms with Crippen molar-refractivity contribution in [2.45, 2.75) is 57.7 Å². The van der Waals surface area contributed by atoms with Crippen LogP contribution in [0.25, 0.3) is 0 Å². The minimum Gasteiger partial charge on any atom is -0.377 e. The van der Waals surface area contributed by atoms with E-state index in [1.54, 1.807) is 18.5 Å². The van der Waals surface area contributed by atoms with Crippen LogP contribution in [0.5, 0.6) is 0 Å². The molecule has 0 bridgehead atoms. The van der Waals surface area contributed by atoms with Gasteiger partial charge < -0.3 is 10.1 Å². The Morgan fingerprint density at radius 3 is 2.50 bits per heavy atom. The number of nitrogens with one attached hydrogen (secondary N) is 3. The fourth-order valence-corrected chi connectivity index (χ4v) is 3.44. The Balaban J connectivity index is 0.000000292. The van der Waals surface area contributed by atoms with Gasteiger partial charge in [-0.3, -0.25) is 10.9 Å². The SMILES string of the molecule is CNNC1CCNC1COC1CCC(C)C(C)C1.c1cncnc1. The highest BCUT2D eigenvalue weighted by Gasteiger charge is 2.29. The predicted molar refractivity (Wildman–Crippen MR) is 96.3 cm³/mol. The van der Waals surface area contributed by atoms with Gasteiger partial charge in [0.25, 0.3) is 0 Å². The fourth-order valence-electron chi connectivity index (χ4n) is 3.44. The molecule has 2 fully saturated rings. The summed E-state index contributed by atoms with van der Waals surface area (Å²) in [6.07, 6.45) is 10.3. The molecule has 2 aliphatic rings. The van der Waals surface area contributed by atoms with E-state index in [1.165, 1.54) is 32.0 Å². The molecule has 6 heteroatoms. The van der Waals surface area contributed by atoms with E-state index >= 15 is 0 Å². The van der Waals surface area contributed by atoms with Gasteiger partial charge in [-0.15, -0.1) is 0 Å². The highest BCUT2D eigenvalue weighted by molar-refractivity contribution is 4.88. The first-order valence-electron chi connectivity index (χ1n) is 9.18. The summed E-state index contributed by atoms with van der Waals surface area (Å²) in [6.45, 7) is 6.66. The van der Waals surface area contributed by atoms with Crippen molar-refractivity contribution in [2.24, 2.45) is 11.8 Å². The van der Waals surface area contributed by atoms with Crippen molar-refractivity contribution >= 4 is 0 Å². The molecule has 0 radical (unpaired) electrons. The second-order valence-electron chi connectivity index (χ2n) is 6.98. The second kappa shape index (κ2) is 10.7. The lowest BCUT2D eigenvalue weighted by Gasteiger charge is -2.33. The minimum absolute atomic E-state index is 0.451. The van der Waals surface area contributed by atoms with Crippen LogP contribution in [-0.2, 0) is 4.74 Å². The molecule has 1 aliphatic heterocycles. The van der Waals surface area contributed by atoms with Crippen molar-refractivity contribution in [3.63, 3.8) is 0 Å². The monoisotopic (exact) mass is 335 g/mol. The van der Waals surface area contributed by atoms with E-state index in [1.807, 2.05) is 7.05 Å². The van der Waals surface area contributed by atoms with Gasteiger partial charge in [-0.1, -0.05) is 13.8 Å². The Labute approximate surface area is 146 Å². The van der Waals surface area contributed by atoms with E-state index in [2.05, 4.69) is 40.0 Å². The van der Waals surface area contributed by atoms with Gasteiger partial charge in [0.05, 0.1) is 12.7 Å². The molecule has 1 aromatic rings. The van der Waals surface area contributed by atoms with Crippen LogP contribution in [-0.4, -0.2) is 48.4 Å². The van der Waals surface area contributed by atoms with Crippen LogP contribution in [0.2, 0.25) is 0 Å². The van der Waals surface area contributed by atoms with Crippen LogP contribution < -0.4 is 16.2 Å². The first-order chi connectivity index (χ1) is 11.7. The van der Waals surface area contributed by atoms with E-state index < -0.39 is 0 Å². The van der Waals surface area contributed by atoms with Crippen molar-refractivity contribution < 1.29 is 4.74 Å². The van der Waals surface area contributed by atoms with Crippen LogP contribution in [0, 0.1) is 11.8 Å². The maximum atomic E-state index is 6.13. The van der Waals surface area contributed by atoms with Gasteiger partial charge in [0.1, 0.15) is 6.33 Å². The zero-order valence-corrected chi connectivity index (χ0v) is 15.2. The van der Waals surface area contributed by atoms with Gasteiger partial charge in [-0.05, 0) is 57.2 Å². The number of aromatic nitrogens is 2. The molecule has 3 rings (SSSR count). The van der Waals surface area contributed by atoms with Crippen LogP contribution in [0.1, 0.15) is 39.5 Å². The van der Waals surface area contributed by atoms with Crippen molar-refractivity contribution in [3.8, 4) is 0 Å². The van der Waals surface area contributed by atoms with E-state index in [0.717, 1.165) is 25.0 Å². The molecule has 0 amide bonds. The van der Waals surface area contributed by atoms with Crippen LogP contribution in [0.3, 0.4) is 0 Å². The third-order valence-electron chi connectivity index (χ3n) is 5.22. The van der Waals surface area contributed by atoms with E-state index in [-0.39, 0.29) is 0 Å². The number of hydrogen-bond donors (Lipinski definition) is 3. The summed E-state index contributed by atoms with van der Waals surface area (Å²) < 4.78 is 6.13.